The molecule has 0 bridgehead atoms. The molecule has 6 heteroatoms. The van der Waals surface area contributed by atoms with Crippen LogP contribution in [0.25, 0.3) is 0 Å². The van der Waals surface area contributed by atoms with Crippen LogP contribution in [0.2, 0.25) is 10.0 Å². The van der Waals surface area contributed by atoms with Crippen molar-refractivity contribution in [3.05, 3.63) is 28.2 Å². The Morgan fingerprint density at radius 2 is 2.15 bits per heavy atom. The molecule has 20 heavy (non-hydrogen) atoms. The van der Waals surface area contributed by atoms with Gasteiger partial charge in [0.15, 0.2) is 0 Å². The van der Waals surface area contributed by atoms with Crippen molar-refractivity contribution in [2.75, 3.05) is 26.0 Å². The van der Waals surface area contributed by atoms with Gasteiger partial charge in [0.2, 0.25) is 0 Å². The fraction of sp³-hybridized carbons (Fsp3) is 0.571. The summed E-state index contributed by atoms with van der Waals surface area (Å²) in [4.78, 5) is 0. The number of hydrogen-bond donors (Lipinski definition) is 2. The highest BCUT2D eigenvalue weighted by Crippen LogP contribution is 2.27. The van der Waals surface area contributed by atoms with Crippen LogP contribution >= 0.6 is 35.0 Å². The molecule has 1 aromatic carbocycles. The molecule has 0 amide bonds. The van der Waals surface area contributed by atoms with E-state index in [0.29, 0.717) is 27.6 Å². The highest BCUT2D eigenvalue weighted by atomic mass is 35.5. The summed E-state index contributed by atoms with van der Waals surface area (Å²) >= 11 is 13.6. The number of halogens is 2. The van der Waals surface area contributed by atoms with E-state index >= 15 is 0 Å². The van der Waals surface area contributed by atoms with Gasteiger partial charge in [0, 0.05) is 16.8 Å². The van der Waals surface area contributed by atoms with E-state index in [2.05, 4.69) is 18.5 Å². The Labute approximate surface area is 135 Å². The molecule has 2 unspecified atom stereocenters. The molecule has 114 valence electrons. The van der Waals surface area contributed by atoms with E-state index in [1.165, 1.54) is 0 Å². The predicted octanol–water partition coefficient (Wildman–Crippen LogP) is 3.46. The van der Waals surface area contributed by atoms with Gasteiger partial charge in [-0.3, -0.25) is 0 Å². The molecule has 0 aliphatic carbocycles. The first kappa shape index (κ1) is 17.9. The van der Waals surface area contributed by atoms with Crippen LogP contribution in [0, 0.1) is 0 Å². The summed E-state index contributed by atoms with van der Waals surface area (Å²) in [5.41, 5.74) is 0. The van der Waals surface area contributed by atoms with Gasteiger partial charge in [0.1, 0.15) is 18.5 Å². The number of nitrogens with one attached hydrogen (secondary N) is 1. The van der Waals surface area contributed by atoms with E-state index in [4.69, 9.17) is 27.9 Å². The summed E-state index contributed by atoms with van der Waals surface area (Å²) in [7, 11) is 0. The minimum Gasteiger partial charge on any atom is -0.489 e. The molecule has 1 rings (SSSR count). The highest BCUT2D eigenvalue weighted by Gasteiger charge is 2.08. The fourth-order valence-corrected chi connectivity index (χ4v) is 2.35. The van der Waals surface area contributed by atoms with Gasteiger partial charge in [0.05, 0.1) is 5.02 Å². The number of rotatable bonds is 9. The first-order valence-corrected chi connectivity index (χ1v) is 8.56. The summed E-state index contributed by atoms with van der Waals surface area (Å²) in [6.07, 6.45) is 2.62. The lowest BCUT2D eigenvalue weighted by atomic mass is 10.3. The Hall–Kier alpha value is -0.130. The Balaban J connectivity index is 2.21. The summed E-state index contributed by atoms with van der Waals surface area (Å²) in [5, 5.41) is 14.7. The van der Waals surface area contributed by atoms with Crippen LogP contribution in [-0.4, -0.2) is 42.4 Å². The van der Waals surface area contributed by atoms with Crippen molar-refractivity contribution in [3.8, 4) is 5.75 Å². The molecule has 3 nitrogen and oxygen atoms in total. The quantitative estimate of drug-likeness (QED) is 0.677. The molecule has 0 radical (unpaired) electrons. The van der Waals surface area contributed by atoms with Crippen molar-refractivity contribution >= 4 is 35.0 Å². The fourth-order valence-electron chi connectivity index (χ4n) is 1.53. The Kier molecular flexibility index (Phi) is 8.73. The van der Waals surface area contributed by atoms with Crippen molar-refractivity contribution in [1.29, 1.82) is 0 Å². The first-order valence-electron chi connectivity index (χ1n) is 6.52. The summed E-state index contributed by atoms with van der Waals surface area (Å²) < 4.78 is 5.47. The van der Waals surface area contributed by atoms with Crippen LogP contribution in [0.15, 0.2) is 18.2 Å². The standard InChI is InChI=1S/C14H21Cl2NO2S/c1-10(20-2)5-6-17-8-12(18)9-19-14-4-3-11(15)7-13(14)16/h3-4,7,10,12,17-18H,5-6,8-9H2,1-2H3. The lowest BCUT2D eigenvalue weighted by Gasteiger charge is -2.15. The molecule has 0 fully saturated rings. The number of hydrogen-bond acceptors (Lipinski definition) is 4. The lowest BCUT2D eigenvalue weighted by Crippen LogP contribution is -2.32. The number of ether oxygens (including phenoxy) is 1. The number of thioether (sulfide) groups is 1. The molecular weight excluding hydrogens is 317 g/mol. The Morgan fingerprint density at radius 3 is 2.80 bits per heavy atom. The van der Waals surface area contributed by atoms with E-state index < -0.39 is 6.10 Å². The summed E-state index contributed by atoms with van der Waals surface area (Å²) in [5.74, 6) is 0.533. The molecule has 2 N–H and O–H groups in total. The second-order valence-corrected chi connectivity index (χ2v) is 6.70. The van der Waals surface area contributed by atoms with Gasteiger partial charge in [-0.25, -0.2) is 0 Å². The maximum atomic E-state index is 9.82. The normalized spacial score (nSPS) is 14.1. The van der Waals surface area contributed by atoms with Crippen LogP contribution in [0.3, 0.4) is 0 Å². The third-order valence-electron chi connectivity index (χ3n) is 2.84. The molecular formula is C14H21Cl2NO2S. The van der Waals surface area contributed by atoms with Gasteiger partial charge in [-0.2, -0.15) is 11.8 Å². The van der Waals surface area contributed by atoms with Crippen molar-refractivity contribution in [2.45, 2.75) is 24.7 Å². The molecule has 0 spiro atoms. The zero-order valence-electron chi connectivity index (χ0n) is 11.7. The predicted molar refractivity (Wildman–Crippen MR) is 88.4 cm³/mol. The molecule has 1 aromatic rings. The van der Waals surface area contributed by atoms with Gasteiger partial charge in [0.25, 0.3) is 0 Å². The van der Waals surface area contributed by atoms with Gasteiger partial charge < -0.3 is 15.2 Å². The van der Waals surface area contributed by atoms with Crippen LogP contribution in [0.4, 0.5) is 0 Å². The maximum absolute atomic E-state index is 9.82. The molecule has 0 aromatic heterocycles. The number of aliphatic hydroxyl groups excluding tert-OH is 1. The van der Waals surface area contributed by atoms with Gasteiger partial charge in [-0.05, 0) is 37.4 Å². The van der Waals surface area contributed by atoms with Crippen LogP contribution in [0.1, 0.15) is 13.3 Å². The third kappa shape index (κ3) is 7.04. The molecule has 2 atom stereocenters. The second kappa shape index (κ2) is 9.74. The van der Waals surface area contributed by atoms with Gasteiger partial charge >= 0.3 is 0 Å². The smallest absolute Gasteiger partial charge is 0.138 e. The molecule has 0 saturated heterocycles. The average molecular weight is 338 g/mol. The van der Waals surface area contributed by atoms with Gasteiger partial charge in [-0.15, -0.1) is 0 Å². The summed E-state index contributed by atoms with van der Waals surface area (Å²) in [6.45, 7) is 3.79. The Bertz CT molecular complexity index is 407. The molecule has 0 heterocycles. The van der Waals surface area contributed by atoms with Crippen LogP contribution < -0.4 is 10.1 Å². The minimum atomic E-state index is -0.564. The largest absolute Gasteiger partial charge is 0.489 e. The van der Waals surface area contributed by atoms with Crippen molar-refractivity contribution in [3.63, 3.8) is 0 Å². The SMILES string of the molecule is CSC(C)CCNCC(O)COc1ccc(Cl)cc1Cl. The van der Waals surface area contributed by atoms with E-state index in [9.17, 15) is 5.11 Å². The maximum Gasteiger partial charge on any atom is 0.138 e. The van der Waals surface area contributed by atoms with Crippen molar-refractivity contribution in [1.82, 2.24) is 5.32 Å². The van der Waals surface area contributed by atoms with E-state index in [0.717, 1.165) is 13.0 Å². The van der Waals surface area contributed by atoms with Crippen molar-refractivity contribution in [2.24, 2.45) is 0 Å². The zero-order valence-corrected chi connectivity index (χ0v) is 14.1. The van der Waals surface area contributed by atoms with Crippen LogP contribution in [-0.2, 0) is 0 Å². The average Bonchev–Trinajstić information content (AvgIpc) is 2.42. The number of benzene rings is 1. The zero-order chi connectivity index (χ0) is 15.0. The first-order chi connectivity index (χ1) is 9.52. The summed E-state index contributed by atoms with van der Waals surface area (Å²) in [6, 6.07) is 5.02. The van der Waals surface area contributed by atoms with Crippen LogP contribution in [0.5, 0.6) is 5.75 Å². The Morgan fingerprint density at radius 1 is 1.40 bits per heavy atom. The molecule has 0 saturated carbocycles. The monoisotopic (exact) mass is 337 g/mol. The molecule has 0 aliphatic rings. The highest BCUT2D eigenvalue weighted by molar-refractivity contribution is 7.99. The van der Waals surface area contributed by atoms with Crippen molar-refractivity contribution < 1.29 is 9.84 Å². The van der Waals surface area contributed by atoms with Gasteiger partial charge in [-0.1, -0.05) is 30.1 Å². The van der Waals surface area contributed by atoms with E-state index in [-0.39, 0.29) is 6.61 Å². The second-order valence-electron chi connectivity index (χ2n) is 4.58. The van der Waals surface area contributed by atoms with E-state index in [1.54, 1.807) is 18.2 Å². The third-order valence-corrected chi connectivity index (χ3v) is 4.41. The lowest BCUT2D eigenvalue weighted by molar-refractivity contribution is 0.106. The molecule has 0 aliphatic heterocycles. The van der Waals surface area contributed by atoms with E-state index in [1.807, 2.05) is 11.8 Å². The minimum absolute atomic E-state index is 0.201. The number of aliphatic hydroxyl groups is 1. The topological polar surface area (TPSA) is 41.5 Å².